The number of halogens is 2. The Hall–Kier alpha value is -1.30. The molecular formula is C14H16F2N2OS. The smallest absolute Gasteiger partial charge is 0.257 e. The Kier molecular flexibility index (Phi) is 3.36. The first-order chi connectivity index (χ1) is 9.45. The number of alkyl halides is 2. The molecular weight excluding hydrogens is 282 g/mol. The van der Waals surface area contributed by atoms with Crippen molar-refractivity contribution in [2.45, 2.75) is 51.4 Å². The molecule has 0 unspecified atom stereocenters. The van der Waals surface area contributed by atoms with Crippen molar-refractivity contribution < 1.29 is 13.2 Å². The van der Waals surface area contributed by atoms with Crippen molar-refractivity contribution in [3.63, 3.8) is 0 Å². The zero-order valence-corrected chi connectivity index (χ0v) is 12.3. The van der Waals surface area contributed by atoms with E-state index in [4.69, 9.17) is 4.42 Å². The summed E-state index contributed by atoms with van der Waals surface area (Å²) in [5.74, 6) is 0.725. The highest BCUT2D eigenvalue weighted by Crippen LogP contribution is 2.37. The largest absolute Gasteiger partial charge is 0.419 e. The summed E-state index contributed by atoms with van der Waals surface area (Å²) in [4.78, 5) is 2.33. The van der Waals surface area contributed by atoms with Crippen LogP contribution in [0.4, 0.5) is 8.78 Å². The molecule has 6 heteroatoms. The van der Waals surface area contributed by atoms with E-state index in [1.165, 1.54) is 16.9 Å². The molecule has 0 N–H and O–H groups in total. The van der Waals surface area contributed by atoms with E-state index in [1.54, 1.807) is 25.2 Å². The van der Waals surface area contributed by atoms with Crippen molar-refractivity contribution in [2.24, 2.45) is 0 Å². The molecule has 0 radical (unpaired) electrons. The van der Waals surface area contributed by atoms with Crippen molar-refractivity contribution in [3.8, 4) is 10.8 Å². The van der Waals surface area contributed by atoms with Crippen LogP contribution in [0.25, 0.3) is 10.8 Å². The average Bonchev–Trinajstić information content (AvgIpc) is 3.01. The summed E-state index contributed by atoms with van der Waals surface area (Å²) in [5, 5.41) is 7.98. The molecule has 1 aliphatic rings. The van der Waals surface area contributed by atoms with Gasteiger partial charge < -0.3 is 4.42 Å². The first kappa shape index (κ1) is 13.7. The van der Waals surface area contributed by atoms with Crippen LogP contribution in [0.2, 0.25) is 0 Å². The third kappa shape index (κ3) is 2.49. The Labute approximate surface area is 120 Å². The first-order valence-corrected chi connectivity index (χ1v) is 7.51. The van der Waals surface area contributed by atoms with Gasteiger partial charge >= 0.3 is 0 Å². The number of hydrogen-bond acceptors (Lipinski definition) is 4. The highest BCUT2D eigenvalue weighted by atomic mass is 32.1. The number of aromatic nitrogens is 2. The maximum absolute atomic E-state index is 12.6. The quantitative estimate of drug-likeness (QED) is 0.848. The van der Waals surface area contributed by atoms with E-state index in [1.807, 2.05) is 0 Å². The van der Waals surface area contributed by atoms with E-state index in [-0.39, 0.29) is 12.3 Å². The Morgan fingerprint density at radius 3 is 2.85 bits per heavy atom. The maximum atomic E-state index is 12.6. The summed E-state index contributed by atoms with van der Waals surface area (Å²) in [6.07, 6.45) is 0.751. The molecule has 2 heterocycles. The lowest BCUT2D eigenvalue weighted by Crippen LogP contribution is -2.21. The van der Waals surface area contributed by atoms with E-state index >= 15 is 0 Å². The van der Waals surface area contributed by atoms with Gasteiger partial charge in [0.2, 0.25) is 12.3 Å². The number of nitrogens with zero attached hydrogens (tertiary/aromatic N) is 2. The van der Waals surface area contributed by atoms with E-state index in [0.29, 0.717) is 5.89 Å². The van der Waals surface area contributed by atoms with Crippen molar-refractivity contribution in [3.05, 3.63) is 22.4 Å². The number of hydrogen-bond donors (Lipinski definition) is 0. The van der Waals surface area contributed by atoms with Crippen LogP contribution in [0.15, 0.2) is 10.5 Å². The molecule has 0 saturated heterocycles. The molecule has 0 aromatic carbocycles. The minimum Gasteiger partial charge on any atom is -0.419 e. The standard InChI is InChI=1S/C14H16F2N2OS/c1-14(2,7-11(15)16)13-18-17-12(19-13)10-6-8-4-3-5-9(8)20-10/h6,11H,3-5,7H2,1-2H3. The van der Waals surface area contributed by atoms with Crippen molar-refractivity contribution >= 4 is 11.3 Å². The number of rotatable bonds is 4. The summed E-state index contributed by atoms with van der Waals surface area (Å²) < 4.78 is 30.8. The van der Waals surface area contributed by atoms with E-state index in [9.17, 15) is 8.78 Å². The Balaban J connectivity index is 1.86. The van der Waals surface area contributed by atoms with Gasteiger partial charge in [-0.25, -0.2) is 8.78 Å². The molecule has 0 bridgehead atoms. The summed E-state index contributed by atoms with van der Waals surface area (Å²) in [6.45, 7) is 3.40. The number of fused-ring (bicyclic) bond motifs is 1. The van der Waals surface area contributed by atoms with Crippen LogP contribution in [0.1, 0.15) is 43.0 Å². The Morgan fingerprint density at radius 2 is 2.15 bits per heavy atom. The van der Waals surface area contributed by atoms with Gasteiger partial charge in [0.15, 0.2) is 0 Å². The number of thiophene rings is 1. The minimum atomic E-state index is -2.38. The second-order valence-electron chi connectivity index (χ2n) is 5.80. The Bertz CT molecular complexity index is 597. The van der Waals surface area contributed by atoms with Gasteiger partial charge in [0.05, 0.1) is 4.88 Å². The Morgan fingerprint density at radius 1 is 1.35 bits per heavy atom. The van der Waals surface area contributed by atoms with E-state index < -0.39 is 11.8 Å². The average molecular weight is 298 g/mol. The fourth-order valence-electron chi connectivity index (χ4n) is 2.50. The molecule has 0 aliphatic heterocycles. The molecule has 0 saturated carbocycles. The molecule has 0 fully saturated rings. The van der Waals surface area contributed by atoms with E-state index in [2.05, 4.69) is 16.3 Å². The van der Waals surface area contributed by atoms with Crippen LogP contribution < -0.4 is 0 Å². The molecule has 108 valence electrons. The van der Waals surface area contributed by atoms with Crippen LogP contribution >= 0.6 is 11.3 Å². The van der Waals surface area contributed by atoms with Crippen LogP contribution in [0.5, 0.6) is 0 Å². The zero-order valence-electron chi connectivity index (χ0n) is 11.4. The van der Waals surface area contributed by atoms with Gasteiger partial charge in [-0.3, -0.25) is 0 Å². The fraction of sp³-hybridized carbons (Fsp3) is 0.571. The second kappa shape index (κ2) is 4.91. The fourth-order valence-corrected chi connectivity index (χ4v) is 3.68. The van der Waals surface area contributed by atoms with Crippen molar-refractivity contribution in [2.75, 3.05) is 0 Å². The number of aryl methyl sites for hydroxylation is 2. The highest BCUT2D eigenvalue weighted by Gasteiger charge is 2.31. The SMILES string of the molecule is CC(C)(CC(F)F)c1nnc(-c2cc3c(s2)CCC3)o1. The van der Waals surface area contributed by atoms with Crippen LogP contribution in [0.3, 0.4) is 0 Å². The van der Waals surface area contributed by atoms with Gasteiger partial charge in [0.25, 0.3) is 5.89 Å². The van der Waals surface area contributed by atoms with E-state index in [0.717, 1.165) is 17.7 Å². The molecule has 20 heavy (non-hydrogen) atoms. The molecule has 3 rings (SSSR count). The van der Waals surface area contributed by atoms with Gasteiger partial charge in [-0.2, -0.15) is 0 Å². The van der Waals surface area contributed by atoms with Gasteiger partial charge in [0.1, 0.15) is 0 Å². The van der Waals surface area contributed by atoms with Crippen LogP contribution in [0, 0.1) is 0 Å². The molecule has 3 nitrogen and oxygen atoms in total. The molecule has 0 amide bonds. The lowest BCUT2D eigenvalue weighted by atomic mass is 9.89. The predicted octanol–water partition coefficient (Wildman–Crippen LogP) is 4.22. The van der Waals surface area contributed by atoms with Crippen LogP contribution in [-0.2, 0) is 18.3 Å². The highest BCUT2D eigenvalue weighted by molar-refractivity contribution is 7.15. The van der Waals surface area contributed by atoms with Gasteiger partial charge in [-0.1, -0.05) is 13.8 Å². The van der Waals surface area contributed by atoms with Crippen molar-refractivity contribution in [1.29, 1.82) is 0 Å². The lowest BCUT2D eigenvalue weighted by molar-refractivity contribution is 0.104. The zero-order chi connectivity index (χ0) is 14.3. The minimum absolute atomic E-state index is 0.279. The first-order valence-electron chi connectivity index (χ1n) is 6.70. The van der Waals surface area contributed by atoms with Crippen molar-refractivity contribution in [1.82, 2.24) is 10.2 Å². The summed E-state index contributed by atoms with van der Waals surface area (Å²) in [5.41, 5.74) is 0.552. The molecule has 0 atom stereocenters. The topological polar surface area (TPSA) is 38.9 Å². The monoisotopic (exact) mass is 298 g/mol. The molecule has 0 spiro atoms. The van der Waals surface area contributed by atoms with Gasteiger partial charge in [-0.05, 0) is 30.9 Å². The predicted molar refractivity (Wildman–Crippen MR) is 73.3 cm³/mol. The summed E-state index contributed by atoms with van der Waals surface area (Å²) in [6, 6.07) is 2.09. The lowest BCUT2D eigenvalue weighted by Gasteiger charge is -2.18. The van der Waals surface area contributed by atoms with Gasteiger partial charge in [0, 0.05) is 16.7 Å². The summed E-state index contributed by atoms with van der Waals surface area (Å²) >= 11 is 1.67. The third-order valence-electron chi connectivity index (χ3n) is 3.63. The molecule has 1 aliphatic carbocycles. The second-order valence-corrected chi connectivity index (χ2v) is 6.94. The van der Waals surface area contributed by atoms with Crippen LogP contribution in [-0.4, -0.2) is 16.6 Å². The molecule has 2 aromatic heterocycles. The maximum Gasteiger partial charge on any atom is 0.257 e. The van der Waals surface area contributed by atoms with Gasteiger partial charge in [-0.15, -0.1) is 21.5 Å². The third-order valence-corrected chi connectivity index (χ3v) is 4.85. The summed E-state index contributed by atoms with van der Waals surface area (Å²) in [7, 11) is 0. The normalized spacial score (nSPS) is 15.1. The molecule has 2 aromatic rings.